The van der Waals surface area contributed by atoms with Gasteiger partial charge in [-0.25, -0.2) is 17.8 Å². The average Bonchev–Trinajstić information content (AvgIpc) is 3.24. The second-order valence-electron chi connectivity index (χ2n) is 11.3. The number of carbonyl (C=O) groups excluding carboxylic acids is 1. The Morgan fingerprint density at radius 3 is 2.62 bits per heavy atom. The van der Waals surface area contributed by atoms with Crippen molar-refractivity contribution in [1.29, 1.82) is 0 Å². The lowest BCUT2D eigenvalue weighted by atomic mass is 10.1. The summed E-state index contributed by atoms with van der Waals surface area (Å²) in [5, 5.41) is 5.01. The van der Waals surface area contributed by atoms with Gasteiger partial charge in [-0.05, 0) is 43.4 Å². The van der Waals surface area contributed by atoms with Crippen LogP contribution >= 0.6 is 0 Å². The van der Waals surface area contributed by atoms with Gasteiger partial charge in [-0.2, -0.15) is 13.9 Å². The van der Waals surface area contributed by atoms with Crippen molar-refractivity contribution in [2.75, 3.05) is 69.0 Å². The first kappa shape index (κ1) is 25.5. The highest BCUT2D eigenvalue weighted by Crippen LogP contribution is 2.62. The summed E-state index contributed by atoms with van der Waals surface area (Å²) >= 11 is 0. The van der Waals surface area contributed by atoms with Gasteiger partial charge < -0.3 is 19.4 Å². The summed E-state index contributed by atoms with van der Waals surface area (Å²) in [7, 11) is -1.62. The number of piperidine rings is 1. The van der Waals surface area contributed by atoms with Crippen molar-refractivity contribution >= 4 is 33.2 Å². The van der Waals surface area contributed by atoms with E-state index in [1.54, 1.807) is 4.52 Å². The summed E-state index contributed by atoms with van der Waals surface area (Å²) in [6.45, 7) is 3.15. The highest BCUT2D eigenvalue weighted by Gasteiger charge is 2.66. The number of ether oxygens (including phenoxy) is 1. The van der Waals surface area contributed by atoms with Crippen LogP contribution in [0.3, 0.4) is 0 Å². The number of amides is 1. The lowest BCUT2D eigenvalue weighted by Gasteiger charge is -2.33. The Kier molecular flexibility index (Phi) is 5.76. The number of hydrogen-bond donors (Lipinski definition) is 0. The third-order valence-corrected chi connectivity index (χ3v) is 10.1. The monoisotopic (exact) mass is 569 g/mol. The van der Waals surface area contributed by atoms with E-state index in [0.717, 1.165) is 49.7 Å². The fraction of sp³-hybridized carbons (Fsp3) is 0.519. The minimum Gasteiger partial charge on any atom is -0.491 e. The molecule has 1 aliphatic carbocycles. The Balaban J connectivity index is 1.37. The summed E-state index contributed by atoms with van der Waals surface area (Å²) in [4.78, 5) is 24.9. The first-order valence-corrected chi connectivity index (χ1v) is 15.6. The number of hydrogen-bond acceptors (Lipinski definition) is 8. The zero-order valence-corrected chi connectivity index (χ0v) is 23.4. The number of aromatic nitrogens is 3. The molecule has 2 bridgehead atoms. The Bertz CT molecular complexity index is 1620. The molecule has 2 atom stereocenters. The Labute approximate surface area is 232 Å². The van der Waals surface area contributed by atoms with Crippen LogP contribution in [0.15, 0.2) is 30.3 Å². The standard InChI is InChI=1S/C27H32FN7O4S/c1-31-10-11-33(40(2,37)38)12-13-39-21-5-4-19(28)14-20(21)26(36)34-9-6-18-17-27(18,34)22-15-24-29-23(32-7-3-8-32)16-25(31)35(24)30-22/h4-5,14-16,18H,3,6-13,17H2,1-2H3/t18?,27-/m1/s1. The molecule has 2 aromatic heterocycles. The minimum absolute atomic E-state index is 0.0233. The van der Waals surface area contributed by atoms with E-state index in [4.69, 9.17) is 14.8 Å². The molecule has 40 heavy (non-hydrogen) atoms. The number of carbonyl (C=O) groups is 1. The van der Waals surface area contributed by atoms with E-state index >= 15 is 0 Å². The van der Waals surface area contributed by atoms with E-state index in [-0.39, 0.29) is 42.8 Å². The summed E-state index contributed by atoms with van der Waals surface area (Å²) in [5.41, 5.74) is 1.02. The van der Waals surface area contributed by atoms with E-state index in [2.05, 4.69) is 4.90 Å². The maximum absolute atomic E-state index is 14.4. The van der Waals surface area contributed by atoms with Crippen LogP contribution in [0.2, 0.25) is 0 Å². The summed E-state index contributed by atoms with van der Waals surface area (Å²) in [6.07, 6.45) is 3.91. The number of nitrogens with zero attached hydrogens (tertiary/aromatic N) is 7. The maximum atomic E-state index is 14.4. The van der Waals surface area contributed by atoms with Crippen LogP contribution in [0.4, 0.5) is 16.0 Å². The molecule has 13 heteroatoms. The second kappa shape index (κ2) is 9.03. The predicted molar refractivity (Wildman–Crippen MR) is 147 cm³/mol. The quantitative estimate of drug-likeness (QED) is 0.461. The van der Waals surface area contributed by atoms with Crippen molar-refractivity contribution in [2.45, 2.75) is 24.8 Å². The van der Waals surface area contributed by atoms with Crippen molar-refractivity contribution in [3.8, 4) is 5.75 Å². The molecule has 1 unspecified atom stereocenters. The van der Waals surface area contributed by atoms with Crippen LogP contribution in [-0.2, 0) is 15.6 Å². The number of rotatable bonds is 2. The highest BCUT2D eigenvalue weighted by atomic mass is 32.2. The van der Waals surface area contributed by atoms with Gasteiger partial charge in [-0.3, -0.25) is 4.79 Å². The molecule has 1 spiro atoms. The van der Waals surface area contributed by atoms with Gasteiger partial charge in [0.15, 0.2) is 5.65 Å². The van der Waals surface area contributed by atoms with Gasteiger partial charge >= 0.3 is 0 Å². The third kappa shape index (κ3) is 4.00. The zero-order chi connectivity index (χ0) is 27.8. The molecule has 2 saturated heterocycles. The van der Waals surface area contributed by atoms with Crippen molar-refractivity contribution in [2.24, 2.45) is 5.92 Å². The Morgan fingerprint density at radius 2 is 1.90 bits per heavy atom. The second-order valence-corrected chi connectivity index (χ2v) is 13.2. The van der Waals surface area contributed by atoms with Crippen LogP contribution in [-0.4, -0.2) is 97.3 Å². The number of halogens is 1. The topological polar surface area (TPSA) is 104 Å². The van der Waals surface area contributed by atoms with Crippen LogP contribution in [0.1, 0.15) is 35.3 Å². The van der Waals surface area contributed by atoms with E-state index in [9.17, 15) is 17.6 Å². The minimum atomic E-state index is -3.54. The molecule has 3 aromatic rings. The molecule has 4 aliphatic rings. The molecule has 0 N–H and O–H groups in total. The van der Waals surface area contributed by atoms with E-state index < -0.39 is 21.4 Å². The summed E-state index contributed by atoms with van der Waals surface area (Å²) in [6, 6.07) is 7.86. The van der Waals surface area contributed by atoms with Crippen LogP contribution < -0.4 is 14.5 Å². The van der Waals surface area contributed by atoms with Crippen molar-refractivity contribution < 1.29 is 22.3 Å². The lowest BCUT2D eigenvalue weighted by molar-refractivity contribution is 0.0678. The fourth-order valence-corrected chi connectivity index (χ4v) is 7.18. The SMILES string of the molecule is CN1CCN(S(C)(=O)=O)CCOc2ccc(F)cc2C(=O)N2CCC3C[C@]32c2cc3nc(N4CCC4)cc1n3n2. The number of likely N-dealkylation sites (N-methyl/N-ethyl adjacent to an activating group) is 1. The third-order valence-electron chi connectivity index (χ3n) is 8.83. The number of sulfonamides is 1. The van der Waals surface area contributed by atoms with Crippen LogP contribution in [0.25, 0.3) is 5.65 Å². The van der Waals surface area contributed by atoms with Crippen LogP contribution in [0, 0.1) is 11.7 Å². The van der Waals surface area contributed by atoms with E-state index in [0.29, 0.717) is 18.7 Å². The Hall–Kier alpha value is -3.45. The highest BCUT2D eigenvalue weighted by molar-refractivity contribution is 7.88. The normalized spacial score (nSPS) is 25.4. The fourth-order valence-electron chi connectivity index (χ4n) is 6.36. The lowest BCUT2D eigenvalue weighted by Crippen LogP contribution is -2.41. The molecule has 7 rings (SSSR count). The van der Waals surface area contributed by atoms with Gasteiger partial charge in [0.05, 0.1) is 23.1 Å². The molecule has 3 fully saturated rings. The van der Waals surface area contributed by atoms with E-state index in [1.807, 2.05) is 29.0 Å². The van der Waals surface area contributed by atoms with Crippen LogP contribution in [0.5, 0.6) is 5.75 Å². The molecule has 1 saturated carbocycles. The van der Waals surface area contributed by atoms with Gasteiger partial charge in [-0.15, -0.1) is 0 Å². The smallest absolute Gasteiger partial charge is 0.258 e. The van der Waals surface area contributed by atoms with Crippen molar-refractivity contribution in [1.82, 2.24) is 23.8 Å². The van der Waals surface area contributed by atoms with Crippen molar-refractivity contribution in [3.63, 3.8) is 0 Å². The molecule has 212 valence electrons. The molecule has 1 aromatic carbocycles. The molecule has 3 aliphatic heterocycles. The molecule has 0 radical (unpaired) electrons. The first-order valence-electron chi connectivity index (χ1n) is 13.7. The van der Waals surface area contributed by atoms with Gasteiger partial charge in [0.1, 0.15) is 29.8 Å². The largest absolute Gasteiger partial charge is 0.491 e. The molecule has 1 amide bonds. The Morgan fingerprint density at radius 1 is 1.07 bits per heavy atom. The molecule has 5 heterocycles. The average molecular weight is 570 g/mol. The number of fused-ring (bicyclic) bond motifs is 2. The van der Waals surface area contributed by atoms with Gasteiger partial charge in [-0.1, -0.05) is 0 Å². The number of benzene rings is 1. The zero-order valence-electron chi connectivity index (χ0n) is 22.6. The summed E-state index contributed by atoms with van der Waals surface area (Å²) in [5.74, 6) is 1.31. The van der Waals surface area contributed by atoms with E-state index in [1.165, 1.54) is 28.8 Å². The molecular weight excluding hydrogens is 537 g/mol. The molecule has 11 nitrogen and oxygen atoms in total. The predicted octanol–water partition coefficient (Wildman–Crippen LogP) is 1.93. The van der Waals surface area contributed by atoms with Gasteiger partial charge in [0, 0.05) is 58.4 Å². The molecular formula is C27H32FN7O4S. The first-order chi connectivity index (χ1) is 19.1. The van der Waals surface area contributed by atoms with Crippen molar-refractivity contribution in [3.05, 3.63) is 47.4 Å². The van der Waals surface area contributed by atoms with Gasteiger partial charge in [0.2, 0.25) is 10.0 Å². The maximum Gasteiger partial charge on any atom is 0.258 e. The van der Waals surface area contributed by atoms with Gasteiger partial charge in [0.25, 0.3) is 5.91 Å². The number of anilines is 2. The summed E-state index contributed by atoms with van der Waals surface area (Å²) < 4.78 is 48.7.